The molecule has 1 amide bonds. The molecule has 1 aromatic heterocycles. The van der Waals surface area contributed by atoms with Gasteiger partial charge in [0.05, 0.1) is 47.8 Å². The average Bonchev–Trinajstić information content (AvgIpc) is 3.44. The van der Waals surface area contributed by atoms with E-state index in [1.54, 1.807) is 25.7 Å². The van der Waals surface area contributed by atoms with Crippen LogP contribution in [0.2, 0.25) is 0 Å². The molecule has 3 aromatic carbocycles. The summed E-state index contributed by atoms with van der Waals surface area (Å²) in [5.41, 5.74) is 3.71. The lowest BCUT2D eigenvalue weighted by atomic mass is 9.95. The fourth-order valence-electron chi connectivity index (χ4n) is 5.58. The van der Waals surface area contributed by atoms with Gasteiger partial charge >= 0.3 is 5.97 Å². The van der Waals surface area contributed by atoms with E-state index < -0.39 is 17.6 Å². The zero-order chi connectivity index (χ0) is 31.1. The number of esters is 1. The number of amides is 1. The highest BCUT2D eigenvalue weighted by molar-refractivity contribution is 9.10. The Morgan fingerprint density at radius 2 is 1.77 bits per heavy atom. The van der Waals surface area contributed by atoms with Gasteiger partial charge in [-0.25, -0.2) is 9.79 Å². The van der Waals surface area contributed by atoms with Crippen LogP contribution in [0, 0.1) is 0 Å². The molecule has 0 saturated heterocycles. The molecule has 0 saturated carbocycles. The minimum Gasteiger partial charge on any atom is -0.494 e. The molecular weight excluding hydrogens is 642 g/mol. The number of ether oxygens (including phenoxy) is 2. The topological polar surface area (TPSA) is 90.2 Å². The Labute approximate surface area is 266 Å². The van der Waals surface area contributed by atoms with Crippen LogP contribution in [0.15, 0.2) is 98.3 Å². The largest absolute Gasteiger partial charge is 0.494 e. The number of carbonyl (C=O) groups excluding carboxylic acids is 2. The van der Waals surface area contributed by atoms with Gasteiger partial charge in [0.1, 0.15) is 10.3 Å². The van der Waals surface area contributed by atoms with Gasteiger partial charge in [-0.05, 0) is 69.2 Å². The summed E-state index contributed by atoms with van der Waals surface area (Å²) in [6.07, 6.45) is -0.364. The van der Waals surface area contributed by atoms with Crippen LogP contribution >= 0.6 is 27.3 Å². The predicted molar refractivity (Wildman–Crippen MR) is 173 cm³/mol. The third kappa shape index (κ3) is 5.33. The van der Waals surface area contributed by atoms with Crippen molar-refractivity contribution in [1.82, 2.24) is 4.57 Å². The summed E-state index contributed by atoms with van der Waals surface area (Å²) < 4.78 is 13.8. The molecule has 224 valence electrons. The number of hydrogen-bond acceptors (Lipinski definition) is 7. The number of halogens is 1. The molecule has 0 aliphatic carbocycles. The van der Waals surface area contributed by atoms with Crippen molar-refractivity contribution in [3.05, 3.63) is 125 Å². The molecule has 0 bridgehead atoms. The number of carbonyl (C=O) groups is 2. The van der Waals surface area contributed by atoms with Crippen molar-refractivity contribution in [3.63, 3.8) is 0 Å². The zero-order valence-electron chi connectivity index (χ0n) is 24.7. The molecule has 0 spiro atoms. The number of nitrogens with zero attached hydrogens (tertiary/aromatic N) is 3. The van der Waals surface area contributed by atoms with Crippen molar-refractivity contribution in [2.75, 3.05) is 11.5 Å². The van der Waals surface area contributed by atoms with Crippen molar-refractivity contribution < 1.29 is 19.1 Å². The third-order valence-corrected chi connectivity index (χ3v) is 9.00. The van der Waals surface area contributed by atoms with Crippen molar-refractivity contribution >= 4 is 50.4 Å². The van der Waals surface area contributed by atoms with Crippen LogP contribution in [0.25, 0.3) is 5.57 Å². The number of thiazole rings is 1. The lowest BCUT2D eigenvalue weighted by molar-refractivity contribution is -0.143. The SMILES string of the molecule is CCOc1ccc([C@@H]2C(C(=O)OC(C)C)=C(C)N=c3s/c(=C4/C(=O)N(Cc5ccccc5)c5ccc(Br)cc54)c(=O)n32)cc1. The number of aromatic nitrogens is 1. The summed E-state index contributed by atoms with van der Waals surface area (Å²) in [5, 5.41) is 0. The molecule has 6 rings (SSSR count). The molecule has 0 unspecified atom stereocenters. The summed E-state index contributed by atoms with van der Waals surface area (Å²) in [7, 11) is 0. The van der Waals surface area contributed by atoms with Crippen LogP contribution < -0.4 is 24.5 Å². The quantitative estimate of drug-likeness (QED) is 0.250. The van der Waals surface area contributed by atoms with Crippen LogP contribution in [-0.4, -0.2) is 29.2 Å². The molecule has 0 N–H and O–H groups in total. The van der Waals surface area contributed by atoms with E-state index in [0.29, 0.717) is 46.1 Å². The fourth-order valence-corrected chi connectivity index (χ4v) is 7.08. The predicted octanol–water partition coefficient (Wildman–Crippen LogP) is 5.27. The molecule has 0 fully saturated rings. The standard InChI is InChI=1S/C34H30BrN3O5S/c1-5-42-24-14-11-22(12-15-24)29-27(33(41)43-19(2)3)20(4)36-34-38(29)32(40)30(44-34)28-25-17-23(35)13-16-26(25)37(31(28)39)18-21-9-7-6-8-10-21/h6-17,19,29H,5,18H2,1-4H3/b30-28+/t29-/m1/s1. The Morgan fingerprint density at radius 1 is 1.05 bits per heavy atom. The average molecular weight is 673 g/mol. The maximum Gasteiger partial charge on any atom is 0.338 e. The molecule has 1 atom stereocenters. The van der Waals surface area contributed by atoms with Gasteiger partial charge < -0.3 is 14.4 Å². The first-order chi connectivity index (χ1) is 21.2. The van der Waals surface area contributed by atoms with Gasteiger partial charge in [-0.15, -0.1) is 0 Å². The summed E-state index contributed by atoms with van der Waals surface area (Å²) in [5.74, 6) is -0.131. The number of anilines is 1. The van der Waals surface area contributed by atoms with Crippen molar-refractivity contribution in [2.45, 2.75) is 46.4 Å². The summed E-state index contributed by atoms with van der Waals surface area (Å²) in [4.78, 5) is 48.9. The second-order valence-corrected chi connectivity index (χ2v) is 12.7. The van der Waals surface area contributed by atoms with Crippen LogP contribution in [0.5, 0.6) is 5.75 Å². The Morgan fingerprint density at radius 3 is 2.45 bits per heavy atom. The van der Waals surface area contributed by atoms with Gasteiger partial charge in [-0.3, -0.25) is 14.2 Å². The monoisotopic (exact) mass is 671 g/mol. The number of fused-ring (bicyclic) bond motifs is 2. The van der Waals surface area contributed by atoms with Crippen molar-refractivity contribution in [2.24, 2.45) is 4.99 Å². The molecule has 44 heavy (non-hydrogen) atoms. The molecule has 2 aliphatic rings. The first kappa shape index (κ1) is 29.8. The summed E-state index contributed by atoms with van der Waals surface area (Å²) >= 11 is 4.70. The highest BCUT2D eigenvalue weighted by atomic mass is 79.9. The highest BCUT2D eigenvalue weighted by Crippen LogP contribution is 2.38. The second kappa shape index (κ2) is 12.0. The summed E-state index contributed by atoms with van der Waals surface area (Å²) in [6.45, 7) is 8.07. The Hall–Kier alpha value is -4.28. The van der Waals surface area contributed by atoms with E-state index in [1.165, 1.54) is 4.57 Å². The van der Waals surface area contributed by atoms with Crippen LogP contribution in [-0.2, 0) is 20.9 Å². The second-order valence-electron chi connectivity index (χ2n) is 10.8. The lowest BCUT2D eigenvalue weighted by Crippen LogP contribution is -2.41. The molecule has 8 nitrogen and oxygen atoms in total. The minimum atomic E-state index is -0.804. The fraction of sp³-hybridized carbons (Fsp3) is 0.235. The van der Waals surface area contributed by atoms with Crippen LogP contribution in [0.4, 0.5) is 5.69 Å². The van der Waals surface area contributed by atoms with Gasteiger partial charge in [-0.2, -0.15) is 0 Å². The molecule has 3 heterocycles. The van der Waals surface area contributed by atoms with Crippen molar-refractivity contribution in [1.29, 1.82) is 0 Å². The van der Waals surface area contributed by atoms with E-state index in [4.69, 9.17) is 14.5 Å². The first-order valence-electron chi connectivity index (χ1n) is 14.3. The normalized spacial score (nSPS) is 17.0. The van der Waals surface area contributed by atoms with Gasteiger partial charge in [0, 0.05) is 10.0 Å². The maximum atomic E-state index is 14.5. The van der Waals surface area contributed by atoms with Crippen molar-refractivity contribution in [3.8, 4) is 5.75 Å². The third-order valence-electron chi connectivity index (χ3n) is 7.46. The number of allylic oxidation sites excluding steroid dienone is 1. The van der Waals surface area contributed by atoms with Gasteiger partial charge in [0.2, 0.25) is 0 Å². The Kier molecular flexibility index (Phi) is 8.13. The number of rotatable bonds is 7. The van der Waals surface area contributed by atoms with Crippen LogP contribution in [0.3, 0.4) is 0 Å². The molecule has 10 heteroatoms. The smallest absolute Gasteiger partial charge is 0.338 e. The Balaban J connectivity index is 1.57. The molecule has 0 radical (unpaired) electrons. The zero-order valence-corrected chi connectivity index (χ0v) is 27.1. The van der Waals surface area contributed by atoms with E-state index in [9.17, 15) is 14.4 Å². The highest BCUT2D eigenvalue weighted by Gasteiger charge is 2.37. The van der Waals surface area contributed by atoms with E-state index in [1.807, 2.05) is 79.7 Å². The Bertz CT molecular complexity index is 1990. The van der Waals surface area contributed by atoms with Gasteiger partial charge in [0.25, 0.3) is 11.5 Å². The van der Waals surface area contributed by atoms with Crippen LogP contribution in [0.1, 0.15) is 50.4 Å². The van der Waals surface area contributed by atoms with E-state index in [-0.39, 0.29) is 22.1 Å². The number of benzene rings is 3. The molecule has 2 aliphatic heterocycles. The minimum absolute atomic E-state index is 0.264. The summed E-state index contributed by atoms with van der Waals surface area (Å²) in [6, 6.07) is 21.9. The maximum absolute atomic E-state index is 14.5. The van der Waals surface area contributed by atoms with E-state index in [2.05, 4.69) is 15.9 Å². The van der Waals surface area contributed by atoms with Gasteiger partial charge in [-0.1, -0.05) is 69.7 Å². The first-order valence-corrected chi connectivity index (χ1v) is 15.9. The van der Waals surface area contributed by atoms with E-state index >= 15 is 0 Å². The molecular formula is C34H30BrN3O5S. The van der Waals surface area contributed by atoms with E-state index in [0.717, 1.165) is 27.1 Å². The van der Waals surface area contributed by atoms with Gasteiger partial charge in [0.15, 0.2) is 4.80 Å². The lowest BCUT2D eigenvalue weighted by Gasteiger charge is -2.25. The molecule has 4 aromatic rings. The number of hydrogen-bond donors (Lipinski definition) is 0.